The molecule has 0 bridgehead atoms. The fraction of sp³-hybridized carbons (Fsp3) is 0. The predicted molar refractivity (Wildman–Crippen MR) is 358 cm³/mol. The van der Waals surface area contributed by atoms with Crippen LogP contribution in [0.3, 0.4) is 0 Å². The second kappa shape index (κ2) is 21.8. The van der Waals surface area contributed by atoms with Crippen LogP contribution in [0.1, 0.15) is 5.56 Å². The van der Waals surface area contributed by atoms with Crippen LogP contribution in [-0.4, -0.2) is 34.1 Å². The lowest BCUT2D eigenvalue weighted by Gasteiger charge is -2.17. The minimum atomic E-state index is 0.550. The van der Waals surface area contributed by atoms with E-state index < -0.39 is 0 Å². The first-order valence-electron chi connectivity index (χ1n) is 29.3. The van der Waals surface area contributed by atoms with Gasteiger partial charge in [0.25, 0.3) is 0 Å². The van der Waals surface area contributed by atoms with E-state index in [2.05, 4.69) is 215 Å². The maximum Gasteiger partial charge on any atom is 0.138 e. The molecule has 16 aromatic rings. The van der Waals surface area contributed by atoms with E-state index in [1.165, 1.54) is 0 Å². The van der Waals surface area contributed by atoms with Gasteiger partial charge in [-0.1, -0.05) is 188 Å². The van der Waals surface area contributed by atoms with Gasteiger partial charge in [-0.25, -0.2) is 4.98 Å². The molecule has 0 aliphatic rings. The third-order valence-corrected chi connectivity index (χ3v) is 16.9. The van der Waals surface area contributed by atoms with E-state index in [0.717, 1.165) is 150 Å². The number of aromatic nitrogens is 7. The number of nitrogens with zero attached hydrogens (tertiary/aromatic N) is 8. The van der Waals surface area contributed by atoms with E-state index in [9.17, 15) is 5.26 Å². The highest BCUT2D eigenvalue weighted by molar-refractivity contribution is 6.14. The van der Waals surface area contributed by atoms with Crippen molar-refractivity contribution in [1.29, 1.82) is 5.26 Å². The molecule has 16 rings (SSSR count). The first kappa shape index (κ1) is 51.5. The smallest absolute Gasteiger partial charge is 0.138 e. The molecule has 7 aromatic heterocycles. The number of nitriles is 1. The molecule has 8 heteroatoms. The monoisotopic (exact) mass is 1120 g/mol. The van der Waals surface area contributed by atoms with E-state index in [1.807, 2.05) is 104 Å². The van der Waals surface area contributed by atoms with Crippen LogP contribution in [0, 0.1) is 11.3 Å². The van der Waals surface area contributed by atoms with Crippen molar-refractivity contribution in [3.63, 3.8) is 0 Å². The maximum absolute atomic E-state index is 11.0. The van der Waals surface area contributed by atoms with Crippen molar-refractivity contribution >= 4 is 43.6 Å². The van der Waals surface area contributed by atoms with Gasteiger partial charge in [-0.3, -0.25) is 24.5 Å². The van der Waals surface area contributed by atoms with E-state index in [-0.39, 0.29) is 0 Å². The van der Waals surface area contributed by atoms with E-state index in [1.54, 1.807) is 0 Å². The van der Waals surface area contributed by atoms with Crippen LogP contribution in [0.25, 0.3) is 156 Å². The van der Waals surface area contributed by atoms with Crippen LogP contribution in [0.4, 0.5) is 0 Å². The zero-order valence-corrected chi connectivity index (χ0v) is 47.4. The Labute approximate surface area is 507 Å². The van der Waals surface area contributed by atoms with Gasteiger partial charge in [0.2, 0.25) is 0 Å². The summed E-state index contributed by atoms with van der Waals surface area (Å²) in [6.45, 7) is 0. The van der Waals surface area contributed by atoms with Crippen molar-refractivity contribution in [2.75, 3.05) is 0 Å². The molecule has 7 heterocycles. The summed E-state index contributed by atoms with van der Waals surface area (Å²) in [7, 11) is 0. The van der Waals surface area contributed by atoms with Crippen molar-refractivity contribution in [2.24, 2.45) is 0 Å². The molecule has 410 valence electrons. The molecule has 0 aliphatic carbocycles. The molecular weight excluding hydrogens is 1070 g/mol. The molecule has 0 saturated heterocycles. The van der Waals surface area contributed by atoms with Crippen LogP contribution in [0.15, 0.2) is 304 Å². The average molecular weight is 1120 g/mol. The summed E-state index contributed by atoms with van der Waals surface area (Å²) in [5, 5.41) is 15.2. The summed E-state index contributed by atoms with van der Waals surface area (Å²) in [5.41, 5.74) is 23.0. The summed E-state index contributed by atoms with van der Waals surface area (Å²) in [6, 6.07) is 97.6. The molecule has 0 fully saturated rings. The lowest BCUT2D eigenvalue weighted by Crippen LogP contribution is -2.04. The normalized spacial score (nSPS) is 11.4. The Balaban J connectivity index is 0.941. The second-order valence-electron chi connectivity index (χ2n) is 21.9. The summed E-state index contributed by atoms with van der Waals surface area (Å²) in [4.78, 5) is 25.3. The molecule has 0 atom stereocenters. The third kappa shape index (κ3) is 8.89. The number of fused-ring (bicyclic) bond motifs is 6. The highest BCUT2D eigenvalue weighted by atomic mass is 15.1. The Bertz CT molecular complexity index is 5110. The predicted octanol–water partition coefficient (Wildman–Crippen LogP) is 19.7. The highest BCUT2D eigenvalue weighted by Crippen LogP contribution is 2.45. The molecule has 0 spiro atoms. The molecule has 0 amide bonds. The molecule has 0 aliphatic heterocycles. The van der Waals surface area contributed by atoms with Crippen molar-refractivity contribution in [1.82, 2.24) is 34.1 Å². The molecule has 0 N–H and O–H groups in total. The summed E-state index contributed by atoms with van der Waals surface area (Å²) in [6.07, 6.45) is 9.44. The minimum absolute atomic E-state index is 0.550. The van der Waals surface area contributed by atoms with Crippen LogP contribution in [0.2, 0.25) is 0 Å². The third-order valence-electron chi connectivity index (χ3n) is 16.9. The van der Waals surface area contributed by atoms with Gasteiger partial charge in [0.05, 0.1) is 68.4 Å². The fourth-order valence-corrected chi connectivity index (χ4v) is 12.8. The van der Waals surface area contributed by atoms with Gasteiger partial charge in [0.15, 0.2) is 0 Å². The minimum Gasteiger partial charge on any atom is -0.307 e. The summed E-state index contributed by atoms with van der Waals surface area (Å²) >= 11 is 0. The standard InChI is InChI=1S/C80H50N8/c81-50-60-27-13-14-28-61(60)70-49-76(88-73-39-35-58(64-31-17-43-84-79(64)54-23-9-3-10-24-54)47-68(73)69-48-59(36-40-74(69)88)65-32-18-44-85-80(65)55-25-11-4-12-26-55)86-51-75(70)87-71-37-33-56(62-29-15-41-82-77(62)52-19-5-1-6-20-52)45-66(71)67-46-57(34-38-72(67)87)63-30-16-42-83-78(63)53-21-7-2-8-22-53/h1-49,51H. The van der Waals surface area contributed by atoms with Gasteiger partial charge in [-0.05, 0) is 107 Å². The lowest BCUT2D eigenvalue weighted by atomic mass is 9.96. The lowest BCUT2D eigenvalue weighted by molar-refractivity contribution is 1.06. The number of hydrogen-bond donors (Lipinski definition) is 0. The molecule has 88 heavy (non-hydrogen) atoms. The molecule has 0 unspecified atom stereocenters. The highest BCUT2D eigenvalue weighted by Gasteiger charge is 2.24. The van der Waals surface area contributed by atoms with Crippen molar-refractivity contribution in [3.05, 3.63) is 310 Å². The Morgan fingerprint density at radius 2 is 0.580 bits per heavy atom. The Morgan fingerprint density at radius 3 is 0.932 bits per heavy atom. The van der Waals surface area contributed by atoms with Gasteiger partial charge in [0.1, 0.15) is 5.82 Å². The summed E-state index contributed by atoms with van der Waals surface area (Å²) in [5.74, 6) is 0.699. The molecule has 0 radical (unpaired) electrons. The van der Waals surface area contributed by atoms with E-state index >= 15 is 0 Å². The van der Waals surface area contributed by atoms with Gasteiger partial charge in [0, 0.05) is 102 Å². The van der Waals surface area contributed by atoms with Crippen LogP contribution < -0.4 is 0 Å². The average Bonchev–Trinajstić information content (AvgIpc) is 1.74. The van der Waals surface area contributed by atoms with Crippen molar-refractivity contribution in [2.45, 2.75) is 0 Å². The molecular formula is C80H50N8. The largest absolute Gasteiger partial charge is 0.307 e. The van der Waals surface area contributed by atoms with Gasteiger partial charge in [-0.2, -0.15) is 5.26 Å². The van der Waals surface area contributed by atoms with Crippen LogP contribution >= 0.6 is 0 Å². The molecule has 9 aromatic carbocycles. The first-order chi connectivity index (χ1) is 43.6. The maximum atomic E-state index is 11.0. The summed E-state index contributed by atoms with van der Waals surface area (Å²) < 4.78 is 4.59. The first-order valence-corrected chi connectivity index (χ1v) is 29.3. The fourth-order valence-electron chi connectivity index (χ4n) is 12.8. The van der Waals surface area contributed by atoms with Gasteiger partial charge < -0.3 is 4.57 Å². The quantitative estimate of drug-likeness (QED) is 0.128. The van der Waals surface area contributed by atoms with E-state index in [0.29, 0.717) is 11.4 Å². The SMILES string of the molecule is N#Cc1ccccc1-c1cc(-n2c3ccc(-c4cccnc4-c4ccccc4)cc3c3cc(-c4cccnc4-c4ccccc4)ccc32)ncc1-n1c2ccc(-c3cccnc3-c3ccccc3)cc2c2cc(-c3cccnc3-c3ccccc3)ccc21. The second-order valence-corrected chi connectivity index (χ2v) is 21.9. The number of pyridine rings is 5. The van der Waals surface area contributed by atoms with Crippen molar-refractivity contribution in [3.8, 4) is 118 Å². The van der Waals surface area contributed by atoms with Crippen LogP contribution in [0.5, 0.6) is 0 Å². The molecule has 0 saturated carbocycles. The molecule has 8 nitrogen and oxygen atoms in total. The number of benzene rings is 9. The van der Waals surface area contributed by atoms with Crippen LogP contribution in [-0.2, 0) is 0 Å². The zero-order chi connectivity index (χ0) is 58.5. The van der Waals surface area contributed by atoms with Gasteiger partial charge in [-0.15, -0.1) is 0 Å². The Kier molecular flexibility index (Phi) is 12.7. The van der Waals surface area contributed by atoms with E-state index in [4.69, 9.17) is 24.9 Å². The zero-order valence-electron chi connectivity index (χ0n) is 47.4. The Hall–Kier alpha value is -12.2. The Morgan fingerprint density at radius 1 is 0.261 bits per heavy atom. The number of hydrogen-bond acceptors (Lipinski definition) is 6. The van der Waals surface area contributed by atoms with Crippen molar-refractivity contribution < 1.29 is 0 Å². The van der Waals surface area contributed by atoms with Gasteiger partial charge >= 0.3 is 0 Å². The number of rotatable bonds is 11. The topological polar surface area (TPSA) is 98.1 Å².